The molecule has 7 rings (SSSR count). The molecule has 1 amide bonds. The minimum absolute atomic E-state index is 0.0435. The predicted molar refractivity (Wildman–Crippen MR) is 176 cm³/mol. The Balaban J connectivity index is 1.29. The van der Waals surface area contributed by atoms with Crippen molar-refractivity contribution in [2.75, 3.05) is 18.6 Å². The highest BCUT2D eigenvalue weighted by atomic mass is 16.5. The average molecular weight is 613 g/mol. The van der Waals surface area contributed by atoms with E-state index in [-0.39, 0.29) is 40.9 Å². The Labute approximate surface area is 267 Å². The zero-order valence-electron chi connectivity index (χ0n) is 27.3. The van der Waals surface area contributed by atoms with Gasteiger partial charge in [0.15, 0.2) is 0 Å². The van der Waals surface area contributed by atoms with Crippen LogP contribution in [0.2, 0.25) is 0 Å². The molecule has 4 aliphatic rings. The Kier molecular flexibility index (Phi) is 8.77. The molecule has 0 saturated heterocycles. The van der Waals surface area contributed by atoms with Crippen molar-refractivity contribution in [2.24, 2.45) is 17.3 Å². The number of fused-ring (bicyclic) bond motifs is 3. The molecule has 2 aromatic heterocycles. The first-order valence-electron chi connectivity index (χ1n) is 16.8. The quantitative estimate of drug-likeness (QED) is 0.242. The molecule has 4 fully saturated rings. The Morgan fingerprint density at radius 3 is 2.51 bits per heavy atom. The van der Waals surface area contributed by atoms with Crippen LogP contribution in [0.5, 0.6) is 5.75 Å². The van der Waals surface area contributed by atoms with Gasteiger partial charge in [-0.2, -0.15) is 5.10 Å². The van der Waals surface area contributed by atoms with Crippen molar-refractivity contribution in [3.8, 4) is 16.9 Å². The maximum Gasteiger partial charge on any atom is 0.303 e. The number of carbonyl (C=O) groups is 2. The topological polar surface area (TPSA) is 108 Å². The van der Waals surface area contributed by atoms with Gasteiger partial charge in [-0.25, -0.2) is 4.98 Å². The number of H-pyrrole nitrogens is 1. The zero-order chi connectivity index (χ0) is 31.8. The van der Waals surface area contributed by atoms with Crippen molar-refractivity contribution in [1.82, 2.24) is 15.2 Å². The number of pyridine rings is 1. The van der Waals surface area contributed by atoms with Crippen molar-refractivity contribution < 1.29 is 19.4 Å². The zero-order valence-corrected chi connectivity index (χ0v) is 27.3. The number of nitrogens with zero attached hydrogens (tertiary/aromatic N) is 3. The highest BCUT2D eigenvalue weighted by molar-refractivity contribution is 5.95. The summed E-state index contributed by atoms with van der Waals surface area (Å²) in [4.78, 5) is 32.9. The number of carboxylic acids is 1. The largest absolute Gasteiger partial charge is 0.496 e. The molecule has 0 spiro atoms. The van der Waals surface area contributed by atoms with Crippen molar-refractivity contribution in [3.05, 3.63) is 59.5 Å². The summed E-state index contributed by atoms with van der Waals surface area (Å²) in [5, 5.41) is 16.9. The smallest absolute Gasteiger partial charge is 0.303 e. The van der Waals surface area contributed by atoms with Gasteiger partial charge in [0.2, 0.25) is 5.91 Å². The van der Waals surface area contributed by atoms with E-state index in [0.717, 1.165) is 80.4 Å². The Bertz CT molecular complexity index is 1520. The second-order valence-electron chi connectivity index (χ2n) is 14.5. The van der Waals surface area contributed by atoms with Gasteiger partial charge in [-0.15, -0.1) is 0 Å². The van der Waals surface area contributed by atoms with Gasteiger partial charge in [0, 0.05) is 36.3 Å². The van der Waals surface area contributed by atoms with Crippen LogP contribution in [0.25, 0.3) is 11.1 Å². The van der Waals surface area contributed by atoms with Crippen molar-refractivity contribution in [1.29, 1.82) is 0 Å². The van der Waals surface area contributed by atoms with Crippen molar-refractivity contribution in [2.45, 2.75) is 103 Å². The number of benzene rings is 1. The fourth-order valence-corrected chi connectivity index (χ4v) is 8.62. The molecule has 45 heavy (non-hydrogen) atoms. The molecule has 0 aliphatic heterocycles. The molecule has 4 aliphatic carbocycles. The second kappa shape index (κ2) is 12.6. The summed E-state index contributed by atoms with van der Waals surface area (Å²) in [6.07, 6.45) is 13.6. The number of rotatable bonds is 10. The molecule has 4 saturated carbocycles. The number of aromatic nitrogens is 3. The summed E-state index contributed by atoms with van der Waals surface area (Å²) in [5.41, 5.74) is 5.94. The molecular formula is C37H48N4O4. The Morgan fingerprint density at radius 1 is 1.09 bits per heavy atom. The summed E-state index contributed by atoms with van der Waals surface area (Å²) in [5.74, 6) is 1.09. The van der Waals surface area contributed by atoms with Crippen LogP contribution >= 0.6 is 0 Å². The van der Waals surface area contributed by atoms with E-state index in [0.29, 0.717) is 18.8 Å². The summed E-state index contributed by atoms with van der Waals surface area (Å²) >= 11 is 0. The first-order chi connectivity index (χ1) is 21.6. The fraction of sp³-hybridized carbons (Fsp3) is 0.568. The second-order valence-corrected chi connectivity index (χ2v) is 14.5. The first-order valence-corrected chi connectivity index (χ1v) is 16.8. The van der Waals surface area contributed by atoms with Gasteiger partial charge in [-0.3, -0.25) is 19.6 Å². The van der Waals surface area contributed by atoms with Gasteiger partial charge in [-0.1, -0.05) is 32.4 Å². The minimum atomic E-state index is -0.778. The number of methoxy groups -OCH3 is 1. The summed E-state index contributed by atoms with van der Waals surface area (Å²) in [7, 11) is 1.73. The number of anilines is 1. The molecule has 2 unspecified atom stereocenters. The molecule has 2 N–H and O–H groups in total. The Hall–Kier alpha value is -3.68. The van der Waals surface area contributed by atoms with Crippen molar-refractivity contribution >= 4 is 17.7 Å². The number of amides is 1. The third-order valence-corrected chi connectivity index (χ3v) is 11.3. The van der Waals surface area contributed by atoms with Gasteiger partial charge < -0.3 is 9.84 Å². The number of aliphatic carboxylic acids is 1. The number of aromatic amines is 1. The lowest BCUT2D eigenvalue weighted by molar-refractivity contribution is -0.139. The highest BCUT2D eigenvalue weighted by Gasteiger charge is 2.51. The van der Waals surface area contributed by atoms with Crippen LogP contribution in [-0.2, 0) is 15.0 Å². The van der Waals surface area contributed by atoms with E-state index in [1.807, 2.05) is 23.4 Å². The number of carbonyl (C=O) groups excluding carboxylic acids is 1. The van der Waals surface area contributed by atoms with E-state index in [4.69, 9.17) is 9.72 Å². The predicted octanol–water partition coefficient (Wildman–Crippen LogP) is 7.82. The molecule has 2 bridgehead atoms. The summed E-state index contributed by atoms with van der Waals surface area (Å²) < 4.78 is 5.54. The lowest BCUT2D eigenvalue weighted by Crippen LogP contribution is -2.52. The Morgan fingerprint density at radius 2 is 1.84 bits per heavy atom. The van der Waals surface area contributed by atoms with Crippen LogP contribution in [0.15, 0.2) is 42.7 Å². The van der Waals surface area contributed by atoms with Gasteiger partial charge in [0.25, 0.3) is 0 Å². The van der Waals surface area contributed by atoms with E-state index in [9.17, 15) is 14.7 Å². The maximum atomic E-state index is 14.5. The van der Waals surface area contributed by atoms with E-state index < -0.39 is 5.97 Å². The SMILES string of the molecule is COc1ccc(C23CCC(CN(C(=O)C4CCCC(CC(=O)O)C4)c4cc(-c5cn[nH]c5C(C)C)ccn4)(CC2)CC3)cc1C. The third kappa shape index (κ3) is 6.25. The normalized spacial score (nSPS) is 26.2. The van der Waals surface area contributed by atoms with Crippen LogP contribution in [0.3, 0.4) is 0 Å². The number of hydrogen-bond donors (Lipinski definition) is 2. The maximum absolute atomic E-state index is 14.5. The number of aryl methyl sites for hydroxylation is 1. The molecule has 8 heteroatoms. The van der Waals surface area contributed by atoms with Crippen LogP contribution in [0.4, 0.5) is 5.82 Å². The average Bonchev–Trinajstić information content (AvgIpc) is 3.55. The standard InChI is InChI=1S/C37H48N4O4/c1-24(2)34-30(22-39-40-34)27-10-17-38-32(21-27)41(35(44)28-7-5-6-26(19-28)20-33(42)43)23-36-11-14-37(15-12-36,16-13-36)29-8-9-31(45-4)25(3)18-29/h8-10,17-18,21-22,24,26,28H,5-7,11-16,19-20,23H2,1-4H3,(H,39,40)(H,42,43). The van der Waals surface area contributed by atoms with Gasteiger partial charge in [0.1, 0.15) is 11.6 Å². The molecule has 8 nitrogen and oxygen atoms in total. The summed E-state index contributed by atoms with van der Waals surface area (Å²) in [6, 6.07) is 10.7. The molecule has 0 radical (unpaired) electrons. The molecule has 3 aromatic rings. The highest BCUT2D eigenvalue weighted by Crippen LogP contribution is 2.58. The van der Waals surface area contributed by atoms with Gasteiger partial charge >= 0.3 is 5.97 Å². The van der Waals surface area contributed by atoms with Crippen molar-refractivity contribution in [3.63, 3.8) is 0 Å². The van der Waals surface area contributed by atoms with Crippen LogP contribution in [-0.4, -0.2) is 45.8 Å². The minimum Gasteiger partial charge on any atom is -0.496 e. The first kappa shape index (κ1) is 31.3. The van der Waals surface area contributed by atoms with Gasteiger partial charge in [-0.05, 0) is 122 Å². The molecular weight excluding hydrogens is 564 g/mol. The number of nitrogens with one attached hydrogen (secondary N) is 1. The summed E-state index contributed by atoms with van der Waals surface area (Å²) in [6.45, 7) is 7.07. The number of carboxylic acid groups (broad SMARTS) is 1. The van der Waals surface area contributed by atoms with Gasteiger partial charge in [0.05, 0.1) is 13.3 Å². The number of hydrogen-bond acceptors (Lipinski definition) is 5. The monoisotopic (exact) mass is 612 g/mol. The lowest BCUT2D eigenvalue weighted by atomic mass is 9.51. The van der Waals surface area contributed by atoms with E-state index >= 15 is 0 Å². The lowest BCUT2D eigenvalue weighted by Gasteiger charge is -2.55. The molecule has 2 heterocycles. The van der Waals surface area contributed by atoms with Crippen LogP contribution in [0, 0.1) is 24.2 Å². The molecule has 240 valence electrons. The molecule has 2 atom stereocenters. The van der Waals surface area contributed by atoms with Crippen LogP contribution < -0.4 is 9.64 Å². The van der Waals surface area contributed by atoms with Crippen LogP contribution in [0.1, 0.15) is 107 Å². The van der Waals surface area contributed by atoms with E-state index in [2.05, 4.69) is 55.2 Å². The molecule has 1 aromatic carbocycles. The number of ether oxygens (including phenoxy) is 1. The van der Waals surface area contributed by atoms with E-state index in [1.165, 1.54) is 11.1 Å². The van der Waals surface area contributed by atoms with E-state index in [1.54, 1.807) is 7.11 Å². The third-order valence-electron chi connectivity index (χ3n) is 11.3. The fourth-order valence-electron chi connectivity index (χ4n) is 8.62.